The summed E-state index contributed by atoms with van der Waals surface area (Å²) in [6.45, 7) is 3.19. The Bertz CT molecular complexity index is 564. The van der Waals surface area contributed by atoms with Crippen LogP contribution in [-0.2, 0) is 6.54 Å². The number of hydrogen-bond donors (Lipinski definition) is 1. The van der Waals surface area contributed by atoms with Crippen molar-refractivity contribution in [1.82, 2.24) is 14.7 Å². The molecule has 19 heavy (non-hydrogen) atoms. The minimum absolute atomic E-state index is 0.641. The minimum atomic E-state index is 0.641. The van der Waals surface area contributed by atoms with Crippen molar-refractivity contribution in [2.45, 2.75) is 45.2 Å². The number of hydrogen-bond acceptors (Lipinski definition) is 2. The third-order valence-corrected chi connectivity index (χ3v) is 4.35. The predicted octanol–water partition coefficient (Wildman–Crippen LogP) is 3.66. The molecule has 0 radical (unpaired) electrons. The molecule has 1 N–H and O–H groups in total. The van der Waals surface area contributed by atoms with Gasteiger partial charge in [0.1, 0.15) is 5.65 Å². The van der Waals surface area contributed by atoms with Crippen LogP contribution in [-0.4, -0.2) is 15.4 Å². The van der Waals surface area contributed by atoms with Gasteiger partial charge in [0.2, 0.25) is 0 Å². The van der Waals surface area contributed by atoms with Gasteiger partial charge < -0.3 is 9.72 Å². The van der Waals surface area contributed by atoms with Crippen LogP contribution in [0, 0.1) is 5.92 Å². The Morgan fingerprint density at radius 3 is 3.00 bits per heavy atom. The summed E-state index contributed by atoms with van der Waals surface area (Å²) in [5.74, 6) is 0.778. The number of nitrogens with one attached hydrogen (secondary N) is 1. The fourth-order valence-corrected chi connectivity index (χ4v) is 3.13. The summed E-state index contributed by atoms with van der Waals surface area (Å²) in [5, 5.41) is 4.40. The number of fused-ring (bicyclic) bond motifs is 1. The fraction of sp³-hybridized carbons (Fsp3) is 0.533. The Labute approximate surface area is 119 Å². The zero-order valence-electron chi connectivity index (χ0n) is 11.3. The highest BCUT2D eigenvalue weighted by atomic mass is 35.5. The second-order valence-electron chi connectivity index (χ2n) is 5.59. The maximum atomic E-state index is 5.98. The Hall–Kier alpha value is -1.06. The van der Waals surface area contributed by atoms with Crippen molar-refractivity contribution in [1.29, 1.82) is 0 Å². The van der Waals surface area contributed by atoms with E-state index in [0.29, 0.717) is 6.04 Å². The van der Waals surface area contributed by atoms with E-state index in [-0.39, 0.29) is 0 Å². The molecule has 4 heteroatoms. The standard InChI is InChI=1S/C15H20ClN3/c1-11-4-2-3-5-14(11)17-8-13-10-19-9-12(16)6-7-15(19)18-13/h6-7,9-11,14,17H,2-5,8H2,1H3. The van der Waals surface area contributed by atoms with Crippen LogP contribution in [0.2, 0.25) is 5.02 Å². The van der Waals surface area contributed by atoms with Gasteiger partial charge in [-0.25, -0.2) is 4.98 Å². The summed E-state index contributed by atoms with van der Waals surface area (Å²) in [5.41, 5.74) is 2.04. The van der Waals surface area contributed by atoms with Crippen molar-refractivity contribution in [2.75, 3.05) is 0 Å². The zero-order chi connectivity index (χ0) is 13.2. The van der Waals surface area contributed by atoms with E-state index in [9.17, 15) is 0 Å². The van der Waals surface area contributed by atoms with Crippen molar-refractivity contribution in [3.63, 3.8) is 0 Å². The summed E-state index contributed by atoms with van der Waals surface area (Å²) in [7, 11) is 0. The van der Waals surface area contributed by atoms with Crippen molar-refractivity contribution in [3.05, 3.63) is 35.2 Å². The van der Waals surface area contributed by atoms with Gasteiger partial charge in [0.05, 0.1) is 10.7 Å². The van der Waals surface area contributed by atoms with Crippen LogP contribution >= 0.6 is 11.6 Å². The quantitative estimate of drug-likeness (QED) is 0.928. The lowest BCUT2D eigenvalue weighted by molar-refractivity contribution is 0.279. The molecule has 3 nitrogen and oxygen atoms in total. The summed E-state index contributed by atoms with van der Waals surface area (Å²) >= 11 is 5.98. The van der Waals surface area contributed by atoms with Gasteiger partial charge in [-0.05, 0) is 30.9 Å². The van der Waals surface area contributed by atoms with Gasteiger partial charge in [0, 0.05) is 25.0 Å². The molecule has 0 spiro atoms. The number of halogens is 1. The summed E-state index contributed by atoms with van der Waals surface area (Å²) < 4.78 is 1.99. The van der Waals surface area contributed by atoms with Gasteiger partial charge in [-0.15, -0.1) is 0 Å². The van der Waals surface area contributed by atoms with E-state index >= 15 is 0 Å². The fourth-order valence-electron chi connectivity index (χ4n) is 2.96. The average Bonchev–Trinajstić information content (AvgIpc) is 2.79. The molecule has 1 fully saturated rings. The van der Waals surface area contributed by atoms with E-state index in [1.165, 1.54) is 25.7 Å². The first-order valence-electron chi connectivity index (χ1n) is 7.09. The highest BCUT2D eigenvalue weighted by molar-refractivity contribution is 6.30. The molecule has 1 saturated carbocycles. The van der Waals surface area contributed by atoms with Gasteiger partial charge in [0.15, 0.2) is 0 Å². The average molecular weight is 278 g/mol. The maximum absolute atomic E-state index is 5.98. The highest BCUT2D eigenvalue weighted by Gasteiger charge is 2.20. The minimum Gasteiger partial charge on any atom is -0.308 e. The normalized spacial score (nSPS) is 23.9. The second-order valence-corrected chi connectivity index (χ2v) is 6.03. The first-order valence-corrected chi connectivity index (χ1v) is 7.47. The van der Waals surface area contributed by atoms with Crippen molar-refractivity contribution < 1.29 is 0 Å². The molecule has 2 aromatic rings. The molecule has 102 valence electrons. The molecule has 1 aliphatic carbocycles. The lowest BCUT2D eigenvalue weighted by Gasteiger charge is -2.29. The summed E-state index contributed by atoms with van der Waals surface area (Å²) in [6, 6.07) is 4.47. The van der Waals surface area contributed by atoms with Crippen LogP contribution < -0.4 is 5.32 Å². The number of aromatic nitrogens is 2. The predicted molar refractivity (Wildman–Crippen MR) is 78.5 cm³/mol. The van der Waals surface area contributed by atoms with Crippen LogP contribution in [0.3, 0.4) is 0 Å². The molecule has 0 amide bonds. The Kier molecular flexibility index (Phi) is 3.76. The van der Waals surface area contributed by atoms with Gasteiger partial charge in [-0.3, -0.25) is 0 Å². The second kappa shape index (κ2) is 5.51. The first-order chi connectivity index (χ1) is 9.22. The Morgan fingerprint density at radius 2 is 2.16 bits per heavy atom. The van der Waals surface area contributed by atoms with Crippen LogP contribution in [0.4, 0.5) is 0 Å². The molecule has 0 aromatic carbocycles. The first kappa shape index (κ1) is 12.9. The van der Waals surface area contributed by atoms with E-state index in [1.807, 2.05) is 22.7 Å². The zero-order valence-corrected chi connectivity index (χ0v) is 12.0. The molecule has 0 bridgehead atoms. The molecule has 1 aliphatic rings. The van der Waals surface area contributed by atoms with Crippen LogP contribution in [0.5, 0.6) is 0 Å². The van der Waals surface area contributed by atoms with E-state index in [2.05, 4.69) is 23.4 Å². The molecule has 2 aromatic heterocycles. The Balaban J connectivity index is 1.68. The highest BCUT2D eigenvalue weighted by Crippen LogP contribution is 2.24. The van der Waals surface area contributed by atoms with E-state index < -0.39 is 0 Å². The lowest BCUT2D eigenvalue weighted by atomic mass is 9.86. The van der Waals surface area contributed by atoms with E-state index in [1.54, 1.807) is 0 Å². The van der Waals surface area contributed by atoms with Crippen molar-refractivity contribution in [2.24, 2.45) is 5.92 Å². The largest absolute Gasteiger partial charge is 0.308 e. The molecular weight excluding hydrogens is 258 g/mol. The lowest BCUT2D eigenvalue weighted by Crippen LogP contribution is -2.36. The monoisotopic (exact) mass is 277 g/mol. The molecule has 2 atom stereocenters. The molecule has 0 saturated heterocycles. The van der Waals surface area contributed by atoms with Crippen LogP contribution in [0.1, 0.15) is 38.3 Å². The number of imidazole rings is 1. The summed E-state index contributed by atoms with van der Waals surface area (Å²) in [6.07, 6.45) is 9.33. The molecule has 3 rings (SSSR count). The molecule has 2 heterocycles. The molecular formula is C15H20ClN3. The molecule has 2 unspecified atom stereocenters. The Morgan fingerprint density at radius 1 is 1.32 bits per heavy atom. The number of nitrogens with zero attached hydrogens (tertiary/aromatic N) is 2. The van der Waals surface area contributed by atoms with Gasteiger partial charge in [-0.2, -0.15) is 0 Å². The third kappa shape index (κ3) is 2.93. The maximum Gasteiger partial charge on any atom is 0.137 e. The molecule has 0 aliphatic heterocycles. The number of pyridine rings is 1. The third-order valence-electron chi connectivity index (χ3n) is 4.12. The van der Waals surface area contributed by atoms with Crippen molar-refractivity contribution >= 4 is 17.2 Å². The smallest absolute Gasteiger partial charge is 0.137 e. The number of rotatable bonds is 3. The van der Waals surface area contributed by atoms with E-state index in [4.69, 9.17) is 11.6 Å². The van der Waals surface area contributed by atoms with Crippen molar-refractivity contribution in [3.8, 4) is 0 Å². The summed E-state index contributed by atoms with van der Waals surface area (Å²) in [4.78, 5) is 4.61. The SMILES string of the molecule is CC1CCCCC1NCc1cn2cc(Cl)ccc2n1. The topological polar surface area (TPSA) is 29.3 Å². The van der Waals surface area contributed by atoms with Crippen LogP contribution in [0.25, 0.3) is 5.65 Å². The van der Waals surface area contributed by atoms with Gasteiger partial charge >= 0.3 is 0 Å². The van der Waals surface area contributed by atoms with E-state index in [0.717, 1.165) is 28.8 Å². The van der Waals surface area contributed by atoms with Crippen LogP contribution in [0.15, 0.2) is 24.5 Å². The van der Waals surface area contributed by atoms with Gasteiger partial charge in [0.25, 0.3) is 0 Å². The van der Waals surface area contributed by atoms with Gasteiger partial charge in [-0.1, -0.05) is 31.4 Å².